The number of pyridine rings is 1. The molecule has 0 fully saturated rings. The molecular weight excluding hydrogens is 304 g/mol. The van der Waals surface area contributed by atoms with E-state index in [0.29, 0.717) is 0 Å². The average Bonchev–Trinajstić information content (AvgIpc) is 2.42. The van der Waals surface area contributed by atoms with Crippen LogP contribution in [0.4, 0.5) is 5.69 Å². The summed E-state index contributed by atoms with van der Waals surface area (Å²) in [5, 5.41) is 2.92. The number of hydrogen-bond acceptors (Lipinski definition) is 2. The van der Waals surface area contributed by atoms with Crippen LogP contribution in [0.5, 0.6) is 0 Å². The zero-order valence-corrected chi connectivity index (χ0v) is 12.4. The lowest BCUT2D eigenvalue weighted by atomic mass is 9.83. The molecule has 0 spiro atoms. The number of rotatable bonds is 3. The topological polar surface area (TPSA) is 42.0 Å². The number of hydrogen-bond donors (Lipinski definition) is 1. The zero-order chi connectivity index (χ0) is 13.9. The van der Waals surface area contributed by atoms with E-state index in [0.717, 1.165) is 15.7 Å². The number of carbonyl (C=O) groups excluding carboxylic acids is 1. The highest BCUT2D eigenvalue weighted by molar-refractivity contribution is 9.10. The van der Waals surface area contributed by atoms with Gasteiger partial charge in [0, 0.05) is 12.4 Å². The minimum Gasteiger partial charge on any atom is -0.324 e. The fourth-order valence-electron chi connectivity index (χ4n) is 1.74. The monoisotopic (exact) mass is 318 g/mol. The number of anilines is 1. The number of benzene rings is 1. The molecule has 3 nitrogen and oxygen atoms in total. The van der Waals surface area contributed by atoms with Gasteiger partial charge in [0.05, 0.1) is 15.6 Å². The summed E-state index contributed by atoms with van der Waals surface area (Å²) < 4.78 is 0.771. The van der Waals surface area contributed by atoms with Crippen LogP contribution in [-0.2, 0) is 10.2 Å². The fourth-order valence-corrected chi connectivity index (χ4v) is 2.09. The van der Waals surface area contributed by atoms with Crippen molar-refractivity contribution in [3.63, 3.8) is 0 Å². The molecule has 0 bridgehead atoms. The lowest BCUT2D eigenvalue weighted by molar-refractivity contribution is -0.120. The maximum absolute atomic E-state index is 12.4. The highest BCUT2D eigenvalue weighted by Gasteiger charge is 2.29. The Morgan fingerprint density at radius 2 is 1.89 bits per heavy atom. The molecule has 0 atom stereocenters. The van der Waals surface area contributed by atoms with Crippen LogP contribution in [0.1, 0.15) is 19.4 Å². The third-order valence-corrected chi connectivity index (χ3v) is 3.72. The normalized spacial score (nSPS) is 11.1. The number of carbonyl (C=O) groups is 1. The first-order valence-electron chi connectivity index (χ1n) is 5.98. The minimum atomic E-state index is -0.593. The summed E-state index contributed by atoms with van der Waals surface area (Å²) in [6.07, 6.45) is 3.31. The molecule has 2 aromatic rings. The van der Waals surface area contributed by atoms with Crippen LogP contribution in [0.15, 0.2) is 53.3 Å². The van der Waals surface area contributed by atoms with Gasteiger partial charge in [-0.1, -0.05) is 30.3 Å². The number of amides is 1. The number of aromatic nitrogens is 1. The molecule has 0 unspecified atom stereocenters. The van der Waals surface area contributed by atoms with E-state index in [2.05, 4.69) is 26.2 Å². The van der Waals surface area contributed by atoms with Gasteiger partial charge in [-0.05, 0) is 41.4 Å². The summed E-state index contributed by atoms with van der Waals surface area (Å²) in [5.74, 6) is -0.0504. The van der Waals surface area contributed by atoms with Crippen molar-refractivity contribution >= 4 is 27.5 Å². The second kappa shape index (κ2) is 5.53. The van der Waals surface area contributed by atoms with Gasteiger partial charge >= 0.3 is 0 Å². The molecule has 1 N–H and O–H groups in total. The Balaban J connectivity index is 2.23. The number of nitrogens with one attached hydrogen (secondary N) is 1. The molecule has 19 heavy (non-hydrogen) atoms. The maximum Gasteiger partial charge on any atom is 0.234 e. The first kappa shape index (κ1) is 13.7. The average molecular weight is 319 g/mol. The third-order valence-electron chi connectivity index (χ3n) is 3.08. The Hall–Kier alpha value is -1.68. The van der Waals surface area contributed by atoms with Crippen molar-refractivity contribution in [3.8, 4) is 0 Å². The molecule has 0 aliphatic rings. The maximum atomic E-state index is 12.4. The molecule has 0 radical (unpaired) electrons. The summed E-state index contributed by atoms with van der Waals surface area (Å²) in [5.41, 5.74) is 1.12. The van der Waals surface area contributed by atoms with Crippen molar-refractivity contribution in [3.05, 3.63) is 58.8 Å². The largest absolute Gasteiger partial charge is 0.324 e. The number of nitrogens with zero attached hydrogens (tertiary/aromatic N) is 1. The van der Waals surface area contributed by atoms with E-state index < -0.39 is 5.41 Å². The van der Waals surface area contributed by atoms with Gasteiger partial charge < -0.3 is 5.32 Å². The van der Waals surface area contributed by atoms with Gasteiger partial charge in [0.15, 0.2) is 0 Å². The van der Waals surface area contributed by atoms with Crippen LogP contribution in [0, 0.1) is 0 Å². The van der Waals surface area contributed by atoms with Crippen LogP contribution >= 0.6 is 15.9 Å². The van der Waals surface area contributed by atoms with Crippen LogP contribution in [0.25, 0.3) is 0 Å². The molecule has 0 aliphatic carbocycles. The highest BCUT2D eigenvalue weighted by atomic mass is 79.9. The molecule has 4 heteroatoms. The van der Waals surface area contributed by atoms with E-state index in [-0.39, 0.29) is 5.91 Å². The number of halogens is 1. The molecule has 2 rings (SSSR count). The Kier molecular flexibility index (Phi) is 4.00. The highest BCUT2D eigenvalue weighted by Crippen LogP contribution is 2.27. The summed E-state index contributed by atoms with van der Waals surface area (Å²) >= 11 is 3.37. The van der Waals surface area contributed by atoms with E-state index in [1.807, 2.05) is 44.2 Å². The summed E-state index contributed by atoms with van der Waals surface area (Å²) in [6, 6.07) is 11.5. The van der Waals surface area contributed by atoms with Gasteiger partial charge in [0.2, 0.25) is 5.91 Å². The van der Waals surface area contributed by atoms with Gasteiger partial charge in [-0.2, -0.15) is 0 Å². The van der Waals surface area contributed by atoms with Crippen molar-refractivity contribution in [2.24, 2.45) is 0 Å². The first-order chi connectivity index (χ1) is 9.01. The lowest BCUT2D eigenvalue weighted by Crippen LogP contribution is -2.34. The molecular formula is C15H15BrN2O. The lowest BCUT2D eigenvalue weighted by Gasteiger charge is -2.24. The van der Waals surface area contributed by atoms with Crippen LogP contribution < -0.4 is 5.32 Å². The molecule has 1 heterocycles. The molecule has 1 aromatic carbocycles. The Bertz CT molecular complexity index is 582. The fraction of sp³-hybridized carbons (Fsp3) is 0.200. The van der Waals surface area contributed by atoms with Crippen molar-refractivity contribution in [1.82, 2.24) is 4.98 Å². The molecule has 1 amide bonds. The zero-order valence-electron chi connectivity index (χ0n) is 10.9. The van der Waals surface area contributed by atoms with Crippen LogP contribution in [0.3, 0.4) is 0 Å². The molecule has 0 saturated heterocycles. The standard InChI is InChI=1S/C15H15BrN2O/c1-15(2,11-6-4-3-5-7-11)14(19)18-13-8-9-17-10-12(13)16/h3-10H,1-2H3,(H,17,18,19). The van der Waals surface area contributed by atoms with Crippen LogP contribution in [0.2, 0.25) is 0 Å². The van der Waals surface area contributed by atoms with Gasteiger partial charge in [-0.25, -0.2) is 0 Å². The predicted octanol–water partition coefficient (Wildman–Crippen LogP) is 3.76. The quantitative estimate of drug-likeness (QED) is 0.936. The SMILES string of the molecule is CC(C)(C(=O)Nc1ccncc1Br)c1ccccc1. The van der Waals surface area contributed by atoms with E-state index in [1.54, 1.807) is 18.5 Å². The van der Waals surface area contributed by atoms with Gasteiger partial charge in [-0.3, -0.25) is 9.78 Å². The Morgan fingerprint density at radius 3 is 2.53 bits per heavy atom. The van der Waals surface area contributed by atoms with Crippen molar-refractivity contribution < 1.29 is 4.79 Å². The Morgan fingerprint density at radius 1 is 1.21 bits per heavy atom. The first-order valence-corrected chi connectivity index (χ1v) is 6.77. The third kappa shape index (κ3) is 3.01. The van der Waals surface area contributed by atoms with Crippen molar-refractivity contribution in [2.45, 2.75) is 19.3 Å². The smallest absolute Gasteiger partial charge is 0.234 e. The predicted molar refractivity (Wildman–Crippen MR) is 80.0 cm³/mol. The molecule has 0 saturated carbocycles. The van der Waals surface area contributed by atoms with Crippen LogP contribution in [-0.4, -0.2) is 10.9 Å². The van der Waals surface area contributed by atoms with Crippen molar-refractivity contribution in [2.75, 3.05) is 5.32 Å². The molecule has 1 aromatic heterocycles. The summed E-state index contributed by atoms with van der Waals surface area (Å²) in [7, 11) is 0. The molecule has 0 aliphatic heterocycles. The second-order valence-corrected chi connectivity index (χ2v) is 5.66. The Labute approximate surface area is 121 Å². The molecule has 98 valence electrons. The minimum absolute atomic E-state index is 0.0504. The van der Waals surface area contributed by atoms with Gasteiger partial charge in [0.1, 0.15) is 0 Å². The van der Waals surface area contributed by atoms with Gasteiger partial charge in [0.25, 0.3) is 0 Å². The summed E-state index contributed by atoms with van der Waals surface area (Å²) in [6.45, 7) is 3.82. The summed E-state index contributed by atoms with van der Waals surface area (Å²) in [4.78, 5) is 16.4. The van der Waals surface area contributed by atoms with Crippen molar-refractivity contribution in [1.29, 1.82) is 0 Å². The second-order valence-electron chi connectivity index (χ2n) is 4.80. The van der Waals surface area contributed by atoms with E-state index in [9.17, 15) is 4.79 Å². The van der Waals surface area contributed by atoms with Gasteiger partial charge in [-0.15, -0.1) is 0 Å². The van der Waals surface area contributed by atoms with E-state index in [4.69, 9.17) is 0 Å². The van der Waals surface area contributed by atoms with E-state index >= 15 is 0 Å². The van der Waals surface area contributed by atoms with E-state index in [1.165, 1.54) is 0 Å².